The van der Waals surface area contributed by atoms with E-state index >= 15 is 0 Å². The molecule has 2 N–H and O–H groups in total. The van der Waals surface area contributed by atoms with Crippen LogP contribution in [0.15, 0.2) is 54.6 Å². The van der Waals surface area contributed by atoms with Gasteiger partial charge >= 0.3 is 0 Å². The second kappa shape index (κ2) is 6.11. The van der Waals surface area contributed by atoms with Gasteiger partial charge in [-0.2, -0.15) is 0 Å². The Balaban J connectivity index is 2.04. The number of nitrogens with zero attached hydrogens (tertiary/aromatic N) is 1. The van der Waals surface area contributed by atoms with Crippen molar-refractivity contribution in [1.82, 2.24) is 4.57 Å². The highest BCUT2D eigenvalue weighted by Crippen LogP contribution is 2.33. The molecule has 0 spiro atoms. The highest BCUT2D eigenvalue weighted by Gasteiger charge is 2.17. The van der Waals surface area contributed by atoms with Crippen LogP contribution < -0.4 is 5.73 Å². The van der Waals surface area contributed by atoms with Crippen LogP contribution in [0.4, 0.5) is 8.78 Å². The molecule has 6 heteroatoms. The minimum Gasteiger partial charge on any atom is -0.366 e. The van der Waals surface area contributed by atoms with E-state index in [1.165, 1.54) is 12.1 Å². The lowest BCUT2D eigenvalue weighted by Crippen LogP contribution is -2.11. The first-order valence-electron chi connectivity index (χ1n) is 7.89. The fraction of sp³-hybridized carbons (Fsp3) is 0.0500. The van der Waals surface area contributed by atoms with Crippen molar-refractivity contribution in [1.29, 1.82) is 0 Å². The summed E-state index contributed by atoms with van der Waals surface area (Å²) >= 11 is 6.15. The molecular weight excluding hydrogens is 358 g/mol. The molecule has 26 heavy (non-hydrogen) atoms. The summed E-state index contributed by atoms with van der Waals surface area (Å²) in [6.45, 7) is 0.219. The quantitative estimate of drug-likeness (QED) is 0.549. The molecule has 0 saturated carbocycles. The third-order valence-corrected chi connectivity index (χ3v) is 4.62. The number of amides is 1. The number of benzene rings is 3. The summed E-state index contributed by atoms with van der Waals surface area (Å²) in [7, 11) is 0. The molecule has 0 saturated heterocycles. The van der Waals surface area contributed by atoms with Gasteiger partial charge in [-0.15, -0.1) is 0 Å². The van der Waals surface area contributed by atoms with Gasteiger partial charge in [0.05, 0.1) is 11.0 Å². The number of fused-ring (bicyclic) bond motifs is 3. The fourth-order valence-corrected chi connectivity index (χ4v) is 3.54. The van der Waals surface area contributed by atoms with Crippen LogP contribution in [0.3, 0.4) is 0 Å². The van der Waals surface area contributed by atoms with E-state index in [2.05, 4.69) is 0 Å². The maximum absolute atomic E-state index is 13.6. The third-order valence-electron chi connectivity index (χ3n) is 4.38. The van der Waals surface area contributed by atoms with Crippen LogP contribution in [0.25, 0.3) is 21.8 Å². The van der Waals surface area contributed by atoms with Gasteiger partial charge in [-0.1, -0.05) is 23.7 Å². The molecule has 0 aliphatic heterocycles. The molecular formula is C20H13ClF2N2O. The Labute approximate surface area is 152 Å². The normalized spacial score (nSPS) is 11.3. The van der Waals surface area contributed by atoms with Crippen LogP contribution >= 0.6 is 11.6 Å². The molecule has 3 nitrogen and oxygen atoms in total. The molecule has 130 valence electrons. The van der Waals surface area contributed by atoms with Gasteiger partial charge in [-0.05, 0) is 42.0 Å². The molecule has 1 heterocycles. The van der Waals surface area contributed by atoms with Gasteiger partial charge in [0.2, 0.25) is 5.91 Å². The minimum absolute atomic E-state index is 0.219. The Kier molecular flexibility index (Phi) is 3.89. The van der Waals surface area contributed by atoms with Crippen molar-refractivity contribution in [3.8, 4) is 0 Å². The Morgan fingerprint density at radius 2 is 1.73 bits per heavy atom. The standard InChI is InChI=1S/C20H13ClF2N2O/c21-12-4-5-15-18(8-12)25(10-11-6-13(22)9-14(23)7-11)17-3-1-2-16(19(15)17)20(24)26/h1-9H,10H2,(H2,24,26). The van der Waals surface area contributed by atoms with Crippen LogP contribution in [-0.4, -0.2) is 10.5 Å². The maximum atomic E-state index is 13.6. The Hall–Kier alpha value is -2.92. The molecule has 1 aromatic heterocycles. The number of hydrogen-bond donors (Lipinski definition) is 1. The SMILES string of the molecule is NC(=O)c1cccc2c1c1ccc(Cl)cc1n2Cc1cc(F)cc(F)c1. The van der Waals surface area contributed by atoms with Gasteiger partial charge in [-0.25, -0.2) is 8.78 Å². The van der Waals surface area contributed by atoms with Crippen LogP contribution in [0.2, 0.25) is 5.02 Å². The van der Waals surface area contributed by atoms with Crippen molar-refractivity contribution in [3.63, 3.8) is 0 Å². The maximum Gasteiger partial charge on any atom is 0.249 e. The molecule has 1 amide bonds. The molecule has 0 fully saturated rings. The fourth-order valence-electron chi connectivity index (χ4n) is 3.38. The van der Waals surface area contributed by atoms with E-state index in [9.17, 15) is 13.6 Å². The van der Waals surface area contributed by atoms with Crippen molar-refractivity contribution >= 4 is 39.3 Å². The molecule has 0 aliphatic rings. The van der Waals surface area contributed by atoms with Gasteiger partial charge < -0.3 is 10.3 Å². The zero-order valence-electron chi connectivity index (χ0n) is 13.5. The lowest BCUT2D eigenvalue weighted by atomic mass is 10.1. The molecule has 4 rings (SSSR count). The number of hydrogen-bond acceptors (Lipinski definition) is 1. The Morgan fingerprint density at radius 1 is 1.00 bits per heavy atom. The first-order chi connectivity index (χ1) is 12.4. The second-order valence-corrected chi connectivity index (χ2v) is 6.53. The molecule has 4 aromatic rings. The average molecular weight is 371 g/mol. The molecule has 0 bridgehead atoms. The van der Waals surface area contributed by atoms with Gasteiger partial charge in [0.1, 0.15) is 11.6 Å². The monoisotopic (exact) mass is 370 g/mol. The van der Waals surface area contributed by atoms with E-state index in [0.29, 0.717) is 21.5 Å². The number of nitrogens with two attached hydrogens (primary N) is 1. The van der Waals surface area contributed by atoms with E-state index in [4.69, 9.17) is 17.3 Å². The topological polar surface area (TPSA) is 48.0 Å². The van der Waals surface area contributed by atoms with E-state index in [-0.39, 0.29) is 6.54 Å². The summed E-state index contributed by atoms with van der Waals surface area (Å²) in [5.41, 5.74) is 7.88. The number of halogens is 3. The molecule has 0 aliphatic carbocycles. The van der Waals surface area contributed by atoms with Crippen LogP contribution in [-0.2, 0) is 6.54 Å². The summed E-state index contributed by atoms with van der Waals surface area (Å²) < 4.78 is 29.0. The van der Waals surface area contributed by atoms with Crippen LogP contribution in [0.5, 0.6) is 0 Å². The van der Waals surface area contributed by atoms with Crippen LogP contribution in [0.1, 0.15) is 15.9 Å². The van der Waals surface area contributed by atoms with E-state index in [0.717, 1.165) is 22.5 Å². The number of primary amides is 1. The van der Waals surface area contributed by atoms with Gasteiger partial charge in [0.15, 0.2) is 0 Å². The molecule has 3 aromatic carbocycles. The van der Waals surface area contributed by atoms with Crippen molar-refractivity contribution in [2.24, 2.45) is 5.73 Å². The number of aromatic nitrogens is 1. The largest absolute Gasteiger partial charge is 0.366 e. The van der Waals surface area contributed by atoms with Gasteiger partial charge in [-0.3, -0.25) is 4.79 Å². The lowest BCUT2D eigenvalue weighted by Gasteiger charge is -2.09. The van der Waals surface area contributed by atoms with Crippen molar-refractivity contribution in [2.45, 2.75) is 6.54 Å². The predicted octanol–water partition coefficient (Wildman–Crippen LogP) is 4.87. The first kappa shape index (κ1) is 16.5. The molecule has 0 radical (unpaired) electrons. The Morgan fingerprint density at radius 3 is 2.42 bits per heavy atom. The number of carbonyl (C=O) groups is 1. The van der Waals surface area contributed by atoms with Crippen LogP contribution in [0, 0.1) is 11.6 Å². The first-order valence-corrected chi connectivity index (χ1v) is 8.27. The minimum atomic E-state index is -0.642. The van der Waals surface area contributed by atoms with Crippen molar-refractivity contribution in [2.75, 3.05) is 0 Å². The number of carbonyl (C=O) groups excluding carboxylic acids is 1. The zero-order valence-corrected chi connectivity index (χ0v) is 14.2. The lowest BCUT2D eigenvalue weighted by molar-refractivity contribution is 0.100. The third kappa shape index (κ3) is 2.70. The van der Waals surface area contributed by atoms with Gasteiger partial charge in [0, 0.05) is 34.0 Å². The zero-order chi connectivity index (χ0) is 18.4. The van der Waals surface area contributed by atoms with E-state index in [1.807, 2.05) is 16.7 Å². The smallest absolute Gasteiger partial charge is 0.249 e. The van der Waals surface area contributed by atoms with Crippen molar-refractivity contribution < 1.29 is 13.6 Å². The van der Waals surface area contributed by atoms with Gasteiger partial charge in [0.25, 0.3) is 0 Å². The average Bonchev–Trinajstić information content (AvgIpc) is 2.87. The molecule has 0 atom stereocenters. The highest BCUT2D eigenvalue weighted by atomic mass is 35.5. The predicted molar refractivity (Wildman–Crippen MR) is 98.4 cm³/mol. The second-order valence-electron chi connectivity index (χ2n) is 6.09. The summed E-state index contributed by atoms with van der Waals surface area (Å²) in [5.74, 6) is -1.82. The number of rotatable bonds is 3. The van der Waals surface area contributed by atoms with E-state index < -0.39 is 17.5 Å². The summed E-state index contributed by atoms with van der Waals surface area (Å²) in [4.78, 5) is 11.9. The van der Waals surface area contributed by atoms with E-state index in [1.54, 1.807) is 24.3 Å². The summed E-state index contributed by atoms with van der Waals surface area (Å²) in [6, 6.07) is 13.9. The molecule has 0 unspecified atom stereocenters. The highest BCUT2D eigenvalue weighted by molar-refractivity contribution is 6.32. The Bertz CT molecular complexity index is 1160. The summed E-state index contributed by atoms with van der Waals surface area (Å²) in [5, 5.41) is 2.02. The summed E-state index contributed by atoms with van der Waals surface area (Å²) in [6.07, 6.45) is 0. The van der Waals surface area contributed by atoms with Crippen molar-refractivity contribution in [3.05, 3.63) is 82.4 Å².